The molecule has 2 aliphatic rings. The average Bonchev–Trinajstić information content (AvgIpc) is 3.56. The summed E-state index contributed by atoms with van der Waals surface area (Å²) in [6, 6.07) is 13.8. The smallest absolute Gasteiger partial charge is 0.201 e. The van der Waals surface area contributed by atoms with E-state index in [1.165, 1.54) is 33.4 Å². The lowest BCUT2D eigenvalue weighted by Gasteiger charge is -2.07. The molecule has 0 saturated heterocycles. The van der Waals surface area contributed by atoms with Crippen LogP contribution in [-0.4, -0.2) is 0 Å². The Morgan fingerprint density at radius 3 is 2.04 bits per heavy atom. The summed E-state index contributed by atoms with van der Waals surface area (Å²) < 4.78 is 18.4. The van der Waals surface area contributed by atoms with Crippen LogP contribution in [-0.2, 0) is 0 Å². The number of hydrogen-bond donors (Lipinski definition) is 0. The lowest BCUT2D eigenvalue weighted by molar-refractivity contribution is 0.560. The zero-order valence-corrected chi connectivity index (χ0v) is 46.9. The van der Waals surface area contributed by atoms with Gasteiger partial charge in [-0.25, -0.2) is 4.39 Å². The summed E-state index contributed by atoms with van der Waals surface area (Å²) in [5.74, 6) is -0.293. The van der Waals surface area contributed by atoms with E-state index in [0.29, 0.717) is 28.0 Å². The predicted octanol–water partition coefficient (Wildman–Crippen LogP) is 19.9. The van der Waals surface area contributed by atoms with E-state index < -0.39 is 0 Å². The van der Waals surface area contributed by atoms with Crippen LogP contribution >= 0.6 is 0 Å². The van der Waals surface area contributed by atoms with Gasteiger partial charge in [0.05, 0.1) is 16.4 Å². The van der Waals surface area contributed by atoms with Gasteiger partial charge < -0.3 is 4.42 Å². The monoisotopic (exact) mass is 981 g/mol. The molecule has 0 unspecified atom stereocenters. The third kappa shape index (κ3) is 27.9. The maximum Gasteiger partial charge on any atom is 0.201 e. The molecule has 0 atom stereocenters. The molecule has 2 nitrogen and oxygen atoms in total. The van der Waals surface area contributed by atoms with E-state index in [0.717, 1.165) is 66.4 Å². The van der Waals surface area contributed by atoms with Gasteiger partial charge in [0, 0.05) is 6.42 Å². The lowest BCUT2D eigenvalue weighted by atomic mass is 9.99. The highest BCUT2D eigenvalue weighted by atomic mass is 19.1. The lowest BCUT2D eigenvalue weighted by Crippen LogP contribution is -2.40. The van der Waals surface area contributed by atoms with Crippen LogP contribution in [0.2, 0.25) is 0 Å². The van der Waals surface area contributed by atoms with Gasteiger partial charge in [-0.05, 0) is 148 Å². The molecule has 2 aliphatic carbocycles. The molecule has 73 heavy (non-hydrogen) atoms. The highest BCUT2D eigenvalue weighted by Gasteiger charge is 2.11. The van der Waals surface area contributed by atoms with Crippen LogP contribution < -0.4 is 16.1 Å². The van der Waals surface area contributed by atoms with Crippen molar-refractivity contribution in [3.05, 3.63) is 279 Å². The van der Waals surface area contributed by atoms with Gasteiger partial charge in [0.25, 0.3) is 0 Å². The number of aryl methyl sites for hydroxylation is 1. The van der Waals surface area contributed by atoms with Crippen LogP contribution in [0.4, 0.5) is 4.39 Å². The number of benzene rings is 2. The van der Waals surface area contributed by atoms with Gasteiger partial charge in [-0.2, -0.15) is 0 Å². The molecule has 388 valence electrons. The highest BCUT2D eigenvalue weighted by molar-refractivity contribution is 5.85. The number of fused-ring (bicyclic) bond motifs is 1. The van der Waals surface area contributed by atoms with Gasteiger partial charge >= 0.3 is 0 Å². The maximum atomic E-state index is 13.5. The number of halogens is 1. The Labute approximate surface area is 442 Å². The van der Waals surface area contributed by atoms with Crippen LogP contribution in [0.15, 0.2) is 251 Å². The van der Waals surface area contributed by atoms with Crippen LogP contribution in [0.5, 0.6) is 0 Å². The standard InChI is InChI=1S/C30H30O2.C18H23F.C9H12.C9H14.C2H6.C2H4/c1-7-10-26(24-15-13-21(5)14-16-24)29-22(6)32-28-19-25(17-18-27(28)30(29)31)23(8-2)12-9-11-20(3)4;1-16-12-8-6-7-11-15-18(16)14-10-5-3-4-9-13-17(2)19;1-8-6-4-3-5-7-9(8)2;1-4-5-6-7-8-9(2)3;2*1-2/h7-8,10-19H,2,6,9H2,1,3-5H3;3-6,8-9,11,15H,2,7,10,12-14H2,1H3;3-6H,7H2,1-2H3;4-8H,1-3H3;1-2H3;1-2H2/b10-7-,23-12+,29-26-;5-3-,8-6?,9-4-,15-11-,18-16-;;5-4-,7-6-;;. The molecule has 1 aromatic heterocycles. The summed E-state index contributed by atoms with van der Waals surface area (Å²) in [6.07, 6.45) is 51.7. The van der Waals surface area contributed by atoms with Crippen LogP contribution in [0.3, 0.4) is 0 Å². The van der Waals surface area contributed by atoms with Crippen molar-refractivity contribution in [3.63, 3.8) is 0 Å². The second-order valence-corrected chi connectivity index (χ2v) is 17.4. The van der Waals surface area contributed by atoms with Crippen molar-refractivity contribution < 1.29 is 8.81 Å². The zero-order chi connectivity index (χ0) is 55.0. The Balaban J connectivity index is 0.00000106. The summed E-state index contributed by atoms with van der Waals surface area (Å²) in [6.45, 7) is 42.1. The minimum Gasteiger partial charge on any atom is -0.456 e. The summed E-state index contributed by atoms with van der Waals surface area (Å²) in [5.41, 5.74) is 14.1. The molecule has 0 radical (unpaired) electrons. The van der Waals surface area contributed by atoms with Gasteiger partial charge in [0.15, 0.2) is 0 Å². The van der Waals surface area contributed by atoms with Gasteiger partial charge in [0.1, 0.15) is 11.0 Å². The van der Waals surface area contributed by atoms with E-state index in [9.17, 15) is 9.18 Å². The summed E-state index contributed by atoms with van der Waals surface area (Å²) in [7, 11) is 0. The topological polar surface area (TPSA) is 30.2 Å². The molecule has 0 bridgehead atoms. The summed E-state index contributed by atoms with van der Waals surface area (Å²) in [4.78, 5) is 13.5. The van der Waals surface area contributed by atoms with Crippen molar-refractivity contribution in [2.24, 2.45) is 0 Å². The summed E-state index contributed by atoms with van der Waals surface area (Å²) in [5, 5.41) is 1.04. The molecule has 0 aliphatic heterocycles. The van der Waals surface area contributed by atoms with E-state index in [-0.39, 0.29) is 11.3 Å². The molecule has 0 N–H and O–H groups in total. The van der Waals surface area contributed by atoms with Crippen molar-refractivity contribution in [3.8, 4) is 0 Å². The molecule has 2 aromatic carbocycles. The third-order valence-electron chi connectivity index (χ3n) is 10.9. The molecule has 0 spiro atoms. The van der Waals surface area contributed by atoms with Crippen molar-refractivity contribution in [2.75, 3.05) is 0 Å². The molecular weight excluding hydrogens is 892 g/mol. The molecule has 5 rings (SSSR count). The number of allylic oxidation sites excluding steroid dienone is 30. The second-order valence-electron chi connectivity index (χ2n) is 17.4. The van der Waals surface area contributed by atoms with E-state index >= 15 is 0 Å². The van der Waals surface area contributed by atoms with Crippen molar-refractivity contribution in [2.45, 2.75) is 128 Å². The van der Waals surface area contributed by atoms with Gasteiger partial charge in [-0.1, -0.05) is 231 Å². The van der Waals surface area contributed by atoms with Gasteiger partial charge in [0.2, 0.25) is 5.43 Å². The van der Waals surface area contributed by atoms with E-state index in [1.807, 2.05) is 132 Å². The maximum absolute atomic E-state index is 13.5. The van der Waals surface area contributed by atoms with Crippen molar-refractivity contribution in [1.29, 1.82) is 0 Å². The normalized spacial score (nSPS) is 15.1. The first-order chi connectivity index (χ1) is 35.1. The first-order valence-electron chi connectivity index (χ1n) is 25.7. The van der Waals surface area contributed by atoms with Crippen LogP contribution in [0.1, 0.15) is 138 Å². The van der Waals surface area contributed by atoms with Crippen LogP contribution in [0.25, 0.3) is 28.7 Å². The van der Waals surface area contributed by atoms with Gasteiger partial charge in [-0.3, -0.25) is 4.79 Å². The molecular formula is C70H89FO2. The Kier molecular flexibility index (Phi) is 36.6. The fourth-order valence-electron chi connectivity index (χ4n) is 6.81. The largest absolute Gasteiger partial charge is 0.456 e. The Morgan fingerprint density at radius 1 is 0.740 bits per heavy atom. The zero-order valence-electron chi connectivity index (χ0n) is 46.9. The molecule has 0 fully saturated rings. The minimum absolute atomic E-state index is 0.0786. The van der Waals surface area contributed by atoms with E-state index in [4.69, 9.17) is 4.42 Å². The Hall–Kier alpha value is -7.10. The fourth-order valence-corrected chi connectivity index (χ4v) is 6.81. The van der Waals surface area contributed by atoms with Crippen molar-refractivity contribution in [1.82, 2.24) is 0 Å². The average molecular weight is 981 g/mol. The van der Waals surface area contributed by atoms with E-state index in [2.05, 4.69) is 154 Å². The van der Waals surface area contributed by atoms with Gasteiger partial charge in [-0.15, -0.1) is 13.2 Å². The number of hydrogen-bond acceptors (Lipinski definition) is 2. The molecule has 1 heterocycles. The SMILES string of the molecule is C/C=C\C=C/C=C(C)C.C=C.C=C(F)C/C=C\C=C/CCC1=C(\C)CC=CC/C=C\1.C=C/C(=C\CC=C(C)C)c1ccc2c(=O)/c(=C(/C=C\C)c3ccc(C)cc3)c(=C)oc2c1.CC.CC1=C(C)CC=CC=C1. The Bertz CT molecular complexity index is 2790. The third-order valence-corrected chi connectivity index (χ3v) is 10.9. The Morgan fingerprint density at radius 2 is 1.41 bits per heavy atom. The predicted molar refractivity (Wildman–Crippen MR) is 328 cm³/mol. The van der Waals surface area contributed by atoms with E-state index in [1.54, 1.807) is 6.08 Å². The molecule has 3 heteroatoms. The fraction of sp³-hybridized carbons (Fsp3) is 0.271. The minimum atomic E-state index is -0.293. The quantitative estimate of drug-likeness (QED) is 0.119. The second kappa shape index (κ2) is 40.5. The number of rotatable bonds is 14. The first-order valence-corrected chi connectivity index (χ1v) is 25.7. The molecule has 3 aromatic rings. The first kappa shape index (κ1) is 65.9. The van der Waals surface area contributed by atoms with Crippen LogP contribution in [0, 0.1) is 6.92 Å². The molecule has 0 amide bonds. The highest BCUT2D eigenvalue weighted by Crippen LogP contribution is 2.22. The van der Waals surface area contributed by atoms with Crippen molar-refractivity contribution >= 4 is 28.7 Å². The molecule has 0 saturated carbocycles. The summed E-state index contributed by atoms with van der Waals surface area (Å²) >= 11 is 0.